The van der Waals surface area contributed by atoms with Crippen molar-refractivity contribution in [3.8, 4) is 28.2 Å². The number of ether oxygens (including phenoxy) is 1. The average molecular weight is 533 g/mol. The number of nitrogens with zero attached hydrogens (tertiary/aromatic N) is 4. The normalized spacial score (nSPS) is 11.2. The lowest BCUT2D eigenvalue weighted by Gasteiger charge is -2.25. The molecule has 0 radical (unpaired) electrons. The van der Waals surface area contributed by atoms with Crippen LogP contribution in [0, 0.1) is 0 Å². The minimum Gasteiger partial charge on any atom is -0.443 e. The van der Waals surface area contributed by atoms with Gasteiger partial charge in [-0.15, -0.1) is 0 Å². The van der Waals surface area contributed by atoms with Gasteiger partial charge >= 0.3 is 6.09 Å². The number of benzene rings is 2. The molecule has 4 aromatic rings. The molecule has 8 heteroatoms. The Morgan fingerprint density at radius 2 is 1.69 bits per heavy atom. The van der Waals surface area contributed by atoms with E-state index in [4.69, 9.17) is 4.74 Å². The van der Waals surface area contributed by atoms with Gasteiger partial charge in [0.2, 0.25) is 0 Å². The number of hydrogen-bond acceptors (Lipinski definition) is 5. The van der Waals surface area contributed by atoms with Gasteiger partial charge in [-0.05, 0) is 57.2 Å². The van der Waals surface area contributed by atoms with Crippen molar-refractivity contribution in [1.82, 2.24) is 14.5 Å². The van der Waals surface area contributed by atoms with Crippen molar-refractivity contribution in [2.45, 2.75) is 26.4 Å². The Kier molecular flexibility index (Phi) is 6.84. The summed E-state index contributed by atoms with van der Waals surface area (Å²) in [5.41, 5.74) is 2.28. The van der Waals surface area contributed by atoms with Crippen molar-refractivity contribution in [2.75, 3.05) is 11.9 Å². The second-order valence-electron chi connectivity index (χ2n) is 8.93. The summed E-state index contributed by atoms with van der Waals surface area (Å²) < 4.78 is 7.83. The molecule has 2 heterocycles. The van der Waals surface area contributed by atoms with Crippen LogP contribution in [0.5, 0.6) is 0 Å². The molecule has 2 aromatic heterocycles. The number of aromatic nitrogens is 3. The maximum absolute atomic E-state index is 13.7. The lowest BCUT2D eigenvalue weighted by Crippen LogP contribution is -2.34. The van der Waals surface area contributed by atoms with Crippen molar-refractivity contribution < 1.29 is 9.53 Å². The number of anilines is 1. The summed E-state index contributed by atoms with van der Waals surface area (Å²) in [6.07, 6.45) is 4.55. The fraction of sp³-hybridized carbons (Fsp3) is 0.185. The lowest BCUT2D eigenvalue weighted by molar-refractivity contribution is 0.0589. The molecule has 0 saturated heterocycles. The van der Waals surface area contributed by atoms with Crippen molar-refractivity contribution in [2.24, 2.45) is 0 Å². The summed E-state index contributed by atoms with van der Waals surface area (Å²) >= 11 is 3.56. The number of carbonyl (C=O) groups is 1. The summed E-state index contributed by atoms with van der Waals surface area (Å²) in [6.45, 7) is 5.44. The van der Waals surface area contributed by atoms with Crippen molar-refractivity contribution in [3.63, 3.8) is 0 Å². The van der Waals surface area contributed by atoms with Crippen LogP contribution in [0.4, 0.5) is 10.5 Å². The van der Waals surface area contributed by atoms with Crippen LogP contribution in [0.1, 0.15) is 20.8 Å². The fourth-order valence-electron chi connectivity index (χ4n) is 3.50. The first-order valence-electron chi connectivity index (χ1n) is 11.0. The third-order valence-electron chi connectivity index (χ3n) is 5.17. The number of rotatable bonds is 4. The Labute approximate surface area is 212 Å². The van der Waals surface area contributed by atoms with Crippen molar-refractivity contribution >= 4 is 27.7 Å². The number of amides is 1. The van der Waals surface area contributed by atoms with E-state index < -0.39 is 11.7 Å². The van der Waals surface area contributed by atoms with Gasteiger partial charge in [0.1, 0.15) is 5.60 Å². The molecular weight excluding hydrogens is 508 g/mol. The van der Waals surface area contributed by atoms with Crippen LogP contribution in [0.2, 0.25) is 0 Å². The number of hydrogen-bond donors (Lipinski definition) is 0. The second-order valence-corrected chi connectivity index (χ2v) is 9.78. The van der Waals surface area contributed by atoms with Gasteiger partial charge in [-0.3, -0.25) is 14.3 Å². The van der Waals surface area contributed by atoms with Crippen LogP contribution in [-0.4, -0.2) is 33.3 Å². The first-order chi connectivity index (χ1) is 16.6. The molecule has 0 bridgehead atoms. The molecule has 0 aliphatic heterocycles. The molecule has 0 aliphatic rings. The van der Waals surface area contributed by atoms with Gasteiger partial charge in [-0.25, -0.2) is 14.8 Å². The average Bonchev–Trinajstić information content (AvgIpc) is 2.84. The molecule has 0 fully saturated rings. The van der Waals surface area contributed by atoms with E-state index in [-0.39, 0.29) is 5.56 Å². The number of pyridine rings is 1. The van der Waals surface area contributed by atoms with Crippen LogP contribution in [0.15, 0.2) is 88.5 Å². The maximum atomic E-state index is 13.7. The Balaban J connectivity index is 1.87. The number of halogens is 1. The third-order valence-corrected chi connectivity index (χ3v) is 5.86. The predicted octanol–water partition coefficient (Wildman–Crippen LogP) is 6.10. The highest BCUT2D eigenvalue weighted by Crippen LogP contribution is 2.29. The molecule has 7 nitrogen and oxygen atoms in total. The Bertz CT molecular complexity index is 1430. The van der Waals surface area contributed by atoms with Gasteiger partial charge in [-0.2, -0.15) is 0 Å². The SMILES string of the molecule is CN(C(=O)OC(C)(C)C)c1cccc(-n2cc(-c3ncccn3)cc(-c3ccccc3Br)c2=O)c1. The lowest BCUT2D eigenvalue weighted by atomic mass is 10.0. The summed E-state index contributed by atoms with van der Waals surface area (Å²) in [6, 6.07) is 18.2. The van der Waals surface area contributed by atoms with Crippen molar-refractivity contribution in [3.05, 3.63) is 94.1 Å². The van der Waals surface area contributed by atoms with Gasteiger partial charge in [-0.1, -0.05) is 40.2 Å². The molecule has 178 valence electrons. The van der Waals surface area contributed by atoms with E-state index in [9.17, 15) is 9.59 Å². The quantitative estimate of drug-likeness (QED) is 0.317. The van der Waals surface area contributed by atoms with Gasteiger partial charge < -0.3 is 4.74 Å². The van der Waals surface area contributed by atoms with Crippen LogP contribution in [0.25, 0.3) is 28.2 Å². The largest absolute Gasteiger partial charge is 0.443 e. The third kappa shape index (κ3) is 5.49. The zero-order chi connectivity index (χ0) is 25.2. The molecule has 4 rings (SSSR count). The topological polar surface area (TPSA) is 77.3 Å². The molecule has 0 N–H and O–H groups in total. The van der Waals surface area contributed by atoms with Crippen LogP contribution < -0.4 is 10.5 Å². The maximum Gasteiger partial charge on any atom is 0.414 e. The minimum absolute atomic E-state index is 0.214. The fourth-order valence-corrected chi connectivity index (χ4v) is 4.00. The molecule has 0 atom stereocenters. The molecule has 0 unspecified atom stereocenters. The first-order valence-corrected chi connectivity index (χ1v) is 11.8. The summed E-state index contributed by atoms with van der Waals surface area (Å²) in [5.74, 6) is 0.497. The highest BCUT2D eigenvalue weighted by Gasteiger charge is 2.21. The van der Waals surface area contributed by atoms with E-state index in [0.29, 0.717) is 28.3 Å². The highest BCUT2D eigenvalue weighted by atomic mass is 79.9. The van der Waals surface area contributed by atoms with Gasteiger partial charge in [0.15, 0.2) is 5.82 Å². The minimum atomic E-state index is -0.623. The zero-order valence-corrected chi connectivity index (χ0v) is 21.5. The Morgan fingerprint density at radius 1 is 0.971 bits per heavy atom. The molecule has 0 aliphatic carbocycles. The van der Waals surface area contributed by atoms with E-state index in [1.165, 1.54) is 4.90 Å². The highest BCUT2D eigenvalue weighted by molar-refractivity contribution is 9.10. The molecule has 1 amide bonds. The smallest absolute Gasteiger partial charge is 0.414 e. The van der Waals surface area contributed by atoms with Crippen LogP contribution >= 0.6 is 15.9 Å². The van der Waals surface area contributed by atoms with E-state index in [2.05, 4.69) is 25.9 Å². The zero-order valence-electron chi connectivity index (χ0n) is 19.9. The molecular formula is C27H25BrN4O3. The van der Waals surface area contributed by atoms with E-state index in [0.717, 1.165) is 10.0 Å². The van der Waals surface area contributed by atoms with E-state index in [1.54, 1.807) is 60.5 Å². The molecule has 35 heavy (non-hydrogen) atoms. The van der Waals surface area contributed by atoms with Gasteiger partial charge in [0.25, 0.3) is 5.56 Å². The number of carbonyl (C=O) groups excluding carboxylic acids is 1. The van der Waals surface area contributed by atoms with Gasteiger partial charge in [0, 0.05) is 52.5 Å². The van der Waals surface area contributed by atoms with Gasteiger partial charge in [0.05, 0.1) is 5.69 Å². The second kappa shape index (κ2) is 9.84. The van der Waals surface area contributed by atoms with Crippen LogP contribution in [0.3, 0.4) is 0 Å². The summed E-state index contributed by atoms with van der Waals surface area (Å²) in [5, 5.41) is 0. The standard InChI is InChI=1S/C27H25BrN4O3/c1-27(2,3)35-26(34)31(4)19-9-7-10-20(16-19)32-17-18(24-29-13-8-14-30-24)15-22(25(32)33)21-11-5-6-12-23(21)28/h5-17H,1-4H3. The summed E-state index contributed by atoms with van der Waals surface area (Å²) in [7, 11) is 1.64. The van der Waals surface area contributed by atoms with E-state index in [1.807, 2.05) is 51.1 Å². The first kappa shape index (κ1) is 24.3. The van der Waals surface area contributed by atoms with Crippen molar-refractivity contribution in [1.29, 1.82) is 0 Å². The molecule has 2 aromatic carbocycles. The van der Waals surface area contributed by atoms with Crippen LogP contribution in [-0.2, 0) is 4.74 Å². The predicted molar refractivity (Wildman–Crippen MR) is 141 cm³/mol. The Hall–Kier alpha value is -3.78. The summed E-state index contributed by atoms with van der Waals surface area (Å²) in [4.78, 5) is 36.5. The molecule has 0 saturated carbocycles. The molecule has 0 spiro atoms. The monoisotopic (exact) mass is 532 g/mol. The van der Waals surface area contributed by atoms with E-state index >= 15 is 0 Å². The Morgan fingerprint density at radius 3 is 2.37 bits per heavy atom.